The summed E-state index contributed by atoms with van der Waals surface area (Å²) < 4.78 is 14.7. The first kappa shape index (κ1) is 25.3. The van der Waals surface area contributed by atoms with Gasteiger partial charge in [-0.05, 0) is 45.2 Å². The normalized spacial score (nSPS) is 28.5. The standard InChI is InChI=1S/C22H28BrNO6S2/c1-6-10-29-18(26)16-21(4,5)32-20-22(23,19(27)24(16)20)17(25)15(30-13(3)28-7-2)12-14-9-8-11-31-14/h6,8-9,11-13,16-17,20,25H,1,7,10H2,2-5H3/t13?,16-,17+,20+,22?/m0/s1. The fourth-order valence-corrected chi connectivity index (χ4v) is 7.09. The van der Waals surface area contributed by atoms with E-state index in [0.717, 1.165) is 4.88 Å². The zero-order chi connectivity index (χ0) is 23.7. The number of thioether (sulfide) groups is 1. The van der Waals surface area contributed by atoms with Gasteiger partial charge in [0.15, 0.2) is 10.6 Å². The summed E-state index contributed by atoms with van der Waals surface area (Å²) in [4.78, 5) is 28.4. The molecule has 7 nitrogen and oxygen atoms in total. The second-order valence-corrected chi connectivity index (χ2v) is 12.0. The molecule has 2 fully saturated rings. The van der Waals surface area contributed by atoms with Gasteiger partial charge in [-0.2, -0.15) is 0 Å². The highest BCUT2D eigenvalue weighted by molar-refractivity contribution is 9.10. The number of aliphatic hydroxyl groups excluding tert-OH is 1. The third-order valence-electron chi connectivity index (χ3n) is 5.29. The van der Waals surface area contributed by atoms with Crippen LogP contribution in [-0.4, -0.2) is 68.0 Å². The molecular weight excluding hydrogens is 518 g/mol. The largest absolute Gasteiger partial charge is 0.467 e. The Morgan fingerprint density at radius 3 is 2.78 bits per heavy atom. The minimum Gasteiger partial charge on any atom is -0.467 e. The van der Waals surface area contributed by atoms with Gasteiger partial charge in [0.1, 0.15) is 29.9 Å². The second kappa shape index (κ2) is 9.89. The van der Waals surface area contributed by atoms with Crippen LogP contribution in [0, 0.1) is 0 Å². The van der Waals surface area contributed by atoms with Gasteiger partial charge < -0.3 is 24.2 Å². The van der Waals surface area contributed by atoms with Crippen molar-refractivity contribution in [3.05, 3.63) is 40.8 Å². The summed E-state index contributed by atoms with van der Waals surface area (Å²) in [5, 5.41) is 12.8. The number of β-lactam (4-membered cyclic amide) rings is 1. The number of nitrogens with zero attached hydrogens (tertiary/aromatic N) is 1. The lowest BCUT2D eigenvalue weighted by molar-refractivity contribution is -0.168. The lowest BCUT2D eigenvalue weighted by Gasteiger charge is -2.52. The molecule has 0 aromatic carbocycles. The fourth-order valence-electron chi connectivity index (χ4n) is 3.86. The Labute approximate surface area is 204 Å². The first-order chi connectivity index (χ1) is 15.1. The third kappa shape index (κ3) is 4.52. The summed E-state index contributed by atoms with van der Waals surface area (Å²) in [6.45, 7) is 11.4. The van der Waals surface area contributed by atoms with Crippen LogP contribution in [0.15, 0.2) is 35.9 Å². The molecule has 1 aromatic heterocycles. The van der Waals surface area contributed by atoms with Crippen molar-refractivity contribution in [2.45, 2.75) is 60.6 Å². The van der Waals surface area contributed by atoms with Gasteiger partial charge in [-0.1, -0.05) is 34.7 Å². The molecule has 2 aliphatic heterocycles. The van der Waals surface area contributed by atoms with Crippen molar-refractivity contribution in [1.29, 1.82) is 0 Å². The second-order valence-electron chi connectivity index (χ2n) is 7.98. The van der Waals surface area contributed by atoms with E-state index in [1.165, 1.54) is 34.1 Å². The number of ether oxygens (including phenoxy) is 3. The molecule has 5 atom stereocenters. The first-order valence-corrected chi connectivity index (χ1v) is 12.8. The highest BCUT2D eigenvalue weighted by Gasteiger charge is 2.73. The van der Waals surface area contributed by atoms with Crippen LogP contribution >= 0.6 is 39.0 Å². The smallest absolute Gasteiger partial charge is 0.330 e. The zero-order valence-electron chi connectivity index (χ0n) is 18.4. The van der Waals surface area contributed by atoms with Crippen LogP contribution in [-0.2, 0) is 23.8 Å². The SMILES string of the molecule is C=CCOC(=O)[C@@H]1N2C(=O)C(Br)([C@H](O)C(=Cc3cccs3)OC(C)OCC)[C@H]2SC1(C)C. The number of carbonyl (C=O) groups excluding carboxylic acids is 2. The average molecular weight is 547 g/mol. The predicted molar refractivity (Wildman–Crippen MR) is 129 cm³/mol. The van der Waals surface area contributed by atoms with Crippen molar-refractivity contribution in [2.24, 2.45) is 0 Å². The van der Waals surface area contributed by atoms with Gasteiger partial charge in [0.2, 0.25) is 5.91 Å². The van der Waals surface area contributed by atoms with Crippen molar-refractivity contribution < 1.29 is 28.9 Å². The molecule has 1 N–H and O–H groups in total. The quantitative estimate of drug-likeness (QED) is 0.119. The Morgan fingerprint density at radius 1 is 1.47 bits per heavy atom. The molecule has 0 radical (unpaired) electrons. The molecule has 0 aliphatic carbocycles. The summed E-state index contributed by atoms with van der Waals surface area (Å²) in [5.41, 5.74) is 0. The van der Waals surface area contributed by atoms with Gasteiger partial charge >= 0.3 is 5.97 Å². The van der Waals surface area contributed by atoms with Gasteiger partial charge in [0.05, 0.1) is 0 Å². The molecular formula is C22H28BrNO6S2. The summed E-state index contributed by atoms with van der Waals surface area (Å²) in [7, 11) is 0. The number of esters is 1. The number of halogens is 1. The molecule has 10 heteroatoms. The van der Waals surface area contributed by atoms with Crippen molar-refractivity contribution >= 4 is 57.0 Å². The lowest BCUT2D eigenvalue weighted by atomic mass is 9.86. The van der Waals surface area contributed by atoms with Gasteiger partial charge in [0, 0.05) is 16.2 Å². The molecule has 1 amide bonds. The maximum absolute atomic E-state index is 13.4. The number of thiophene rings is 1. The first-order valence-electron chi connectivity index (χ1n) is 10.3. The van der Waals surface area contributed by atoms with E-state index in [4.69, 9.17) is 14.2 Å². The Morgan fingerprint density at radius 2 is 2.19 bits per heavy atom. The van der Waals surface area contributed by atoms with E-state index in [9.17, 15) is 14.7 Å². The molecule has 0 spiro atoms. The number of amides is 1. The predicted octanol–water partition coefficient (Wildman–Crippen LogP) is 3.77. The lowest BCUT2D eigenvalue weighted by Crippen LogP contribution is -2.75. The van der Waals surface area contributed by atoms with Crippen LogP contribution in [0.4, 0.5) is 0 Å². The van der Waals surface area contributed by atoms with Crippen molar-refractivity contribution in [1.82, 2.24) is 4.90 Å². The summed E-state index contributed by atoms with van der Waals surface area (Å²) in [6, 6.07) is 3.01. The molecule has 3 rings (SSSR count). The number of alkyl halides is 1. The van der Waals surface area contributed by atoms with Gasteiger partial charge in [-0.25, -0.2) is 4.79 Å². The van der Waals surface area contributed by atoms with Gasteiger partial charge in [-0.15, -0.1) is 23.1 Å². The highest BCUT2D eigenvalue weighted by Crippen LogP contribution is 2.60. The van der Waals surface area contributed by atoms with Crippen LogP contribution in [0.25, 0.3) is 6.08 Å². The Hall–Kier alpha value is -1.33. The van der Waals surface area contributed by atoms with E-state index in [2.05, 4.69) is 22.5 Å². The molecule has 2 saturated heterocycles. The van der Waals surface area contributed by atoms with Gasteiger partial charge in [0.25, 0.3) is 0 Å². The third-order valence-corrected chi connectivity index (χ3v) is 9.27. The van der Waals surface area contributed by atoms with Crippen LogP contribution in [0.3, 0.4) is 0 Å². The van der Waals surface area contributed by atoms with E-state index in [1.54, 1.807) is 13.0 Å². The van der Waals surface area contributed by atoms with Crippen LogP contribution in [0.5, 0.6) is 0 Å². The minimum absolute atomic E-state index is 0.0711. The molecule has 2 unspecified atom stereocenters. The van der Waals surface area contributed by atoms with Crippen molar-refractivity contribution in [2.75, 3.05) is 13.2 Å². The maximum atomic E-state index is 13.4. The van der Waals surface area contributed by atoms with E-state index >= 15 is 0 Å². The molecule has 1 aromatic rings. The summed E-state index contributed by atoms with van der Waals surface area (Å²) in [5.74, 6) is -0.661. The number of aliphatic hydroxyl groups is 1. The highest BCUT2D eigenvalue weighted by atomic mass is 79.9. The zero-order valence-corrected chi connectivity index (χ0v) is 21.7. The number of rotatable bonds is 10. The van der Waals surface area contributed by atoms with Crippen molar-refractivity contribution in [3.63, 3.8) is 0 Å². The molecule has 0 saturated carbocycles. The number of hydrogen-bond acceptors (Lipinski definition) is 8. The maximum Gasteiger partial charge on any atom is 0.330 e. The Kier molecular flexibility index (Phi) is 7.81. The van der Waals surface area contributed by atoms with Crippen molar-refractivity contribution in [3.8, 4) is 0 Å². The molecule has 3 heterocycles. The van der Waals surface area contributed by atoms with E-state index in [1.807, 2.05) is 38.3 Å². The number of hydrogen-bond donors (Lipinski definition) is 1. The van der Waals surface area contributed by atoms with Crippen LogP contribution in [0.2, 0.25) is 0 Å². The summed E-state index contributed by atoms with van der Waals surface area (Å²) >= 11 is 6.46. The van der Waals surface area contributed by atoms with Gasteiger partial charge in [-0.3, -0.25) is 4.79 Å². The van der Waals surface area contributed by atoms with E-state index < -0.39 is 44.8 Å². The number of fused-ring (bicyclic) bond motifs is 1. The van der Waals surface area contributed by atoms with E-state index in [-0.39, 0.29) is 12.4 Å². The fraction of sp³-hybridized carbons (Fsp3) is 0.545. The topological polar surface area (TPSA) is 85.3 Å². The minimum atomic E-state index is -1.35. The van der Waals surface area contributed by atoms with E-state index in [0.29, 0.717) is 6.61 Å². The van der Waals surface area contributed by atoms with Crippen LogP contribution in [0.1, 0.15) is 32.6 Å². The Balaban J connectivity index is 1.90. The Bertz CT molecular complexity index is 889. The number of carbonyl (C=O) groups is 2. The molecule has 32 heavy (non-hydrogen) atoms. The molecule has 0 bridgehead atoms. The molecule has 176 valence electrons. The van der Waals surface area contributed by atoms with Crippen LogP contribution < -0.4 is 0 Å². The molecule has 2 aliphatic rings. The summed E-state index contributed by atoms with van der Waals surface area (Å²) in [6.07, 6.45) is 1.29. The monoisotopic (exact) mass is 545 g/mol. The average Bonchev–Trinajstić information content (AvgIpc) is 3.34.